The first kappa shape index (κ1) is 20.3. The lowest BCUT2D eigenvalue weighted by molar-refractivity contribution is -0.141. The van der Waals surface area contributed by atoms with Gasteiger partial charge in [0, 0.05) is 6.08 Å². The second-order valence-corrected chi connectivity index (χ2v) is 6.33. The SMILES string of the molecule is COC(=O)CC(NC(=O)/C=C/c1cc(OC)c2c(c1)OCCO2)c1ccccc1. The fraction of sp³-hybridized carbons (Fsp3) is 0.273. The molecule has 0 spiro atoms. The van der Waals surface area contributed by atoms with Gasteiger partial charge in [0.25, 0.3) is 0 Å². The molecular weight excluding hydrogens is 374 g/mol. The van der Waals surface area contributed by atoms with E-state index in [4.69, 9.17) is 18.9 Å². The number of nitrogens with one attached hydrogen (secondary N) is 1. The Morgan fingerprint density at radius 3 is 2.62 bits per heavy atom. The summed E-state index contributed by atoms with van der Waals surface area (Å²) in [6.07, 6.45) is 3.09. The van der Waals surface area contributed by atoms with E-state index < -0.39 is 12.0 Å². The molecule has 1 heterocycles. The number of hydrogen-bond donors (Lipinski definition) is 1. The van der Waals surface area contributed by atoms with Gasteiger partial charge in [-0.05, 0) is 29.3 Å². The number of benzene rings is 2. The molecule has 7 heteroatoms. The van der Waals surface area contributed by atoms with Crippen LogP contribution in [0.1, 0.15) is 23.6 Å². The third-order valence-electron chi connectivity index (χ3n) is 4.39. The number of carbonyl (C=O) groups excluding carboxylic acids is 2. The Morgan fingerprint density at radius 2 is 1.90 bits per heavy atom. The molecule has 7 nitrogen and oxygen atoms in total. The highest BCUT2D eigenvalue weighted by Crippen LogP contribution is 2.40. The second-order valence-electron chi connectivity index (χ2n) is 6.33. The largest absolute Gasteiger partial charge is 0.493 e. The molecule has 0 aliphatic carbocycles. The normalized spacial score (nSPS) is 13.6. The molecule has 29 heavy (non-hydrogen) atoms. The molecule has 0 aromatic heterocycles. The first-order chi connectivity index (χ1) is 14.1. The molecule has 0 saturated carbocycles. The van der Waals surface area contributed by atoms with Crippen molar-refractivity contribution >= 4 is 18.0 Å². The minimum atomic E-state index is -0.490. The van der Waals surface area contributed by atoms with Crippen LogP contribution in [-0.2, 0) is 14.3 Å². The average Bonchev–Trinajstić information content (AvgIpc) is 2.77. The van der Waals surface area contributed by atoms with Crippen molar-refractivity contribution in [3.63, 3.8) is 0 Å². The van der Waals surface area contributed by atoms with Crippen LogP contribution in [0.2, 0.25) is 0 Å². The van der Waals surface area contributed by atoms with Crippen molar-refractivity contribution in [2.75, 3.05) is 27.4 Å². The van der Waals surface area contributed by atoms with Crippen molar-refractivity contribution in [1.82, 2.24) is 5.32 Å². The Balaban J connectivity index is 1.74. The van der Waals surface area contributed by atoms with Crippen molar-refractivity contribution in [3.05, 3.63) is 59.7 Å². The Bertz CT molecular complexity index is 876. The lowest BCUT2D eigenvalue weighted by Gasteiger charge is -2.21. The van der Waals surface area contributed by atoms with Gasteiger partial charge >= 0.3 is 5.97 Å². The summed E-state index contributed by atoms with van der Waals surface area (Å²) in [5.74, 6) is 0.928. The highest BCUT2D eigenvalue weighted by Gasteiger charge is 2.19. The Morgan fingerprint density at radius 1 is 1.14 bits per heavy atom. The molecule has 0 radical (unpaired) electrons. The molecule has 1 atom stereocenters. The van der Waals surface area contributed by atoms with Crippen LogP contribution in [0.4, 0.5) is 0 Å². The quantitative estimate of drug-likeness (QED) is 0.571. The van der Waals surface area contributed by atoms with Gasteiger partial charge in [-0.15, -0.1) is 0 Å². The summed E-state index contributed by atoms with van der Waals surface area (Å²) in [5, 5.41) is 2.85. The number of ether oxygens (including phenoxy) is 4. The molecule has 3 rings (SSSR count). The van der Waals surface area contributed by atoms with Crippen molar-refractivity contribution in [2.45, 2.75) is 12.5 Å². The van der Waals surface area contributed by atoms with Gasteiger partial charge in [0.05, 0.1) is 26.7 Å². The zero-order valence-electron chi connectivity index (χ0n) is 16.3. The zero-order chi connectivity index (χ0) is 20.6. The number of rotatable bonds is 7. The van der Waals surface area contributed by atoms with E-state index in [9.17, 15) is 9.59 Å². The molecule has 1 aliphatic heterocycles. The zero-order valence-corrected chi connectivity index (χ0v) is 16.3. The number of fused-ring (bicyclic) bond motifs is 1. The van der Waals surface area contributed by atoms with Gasteiger partial charge in [0.15, 0.2) is 11.5 Å². The average molecular weight is 397 g/mol. The molecule has 152 valence electrons. The van der Waals surface area contributed by atoms with Crippen LogP contribution >= 0.6 is 0 Å². The lowest BCUT2D eigenvalue weighted by Crippen LogP contribution is -2.29. The maximum Gasteiger partial charge on any atom is 0.307 e. The predicted molar refractivity (Wildman–Crippen MR) is 107 cm³/mol. The van der Waals surface area contributed by atoms with Crippen LogP contribution in [0.15, 0.2) is 48.5 Å². The van der Waals surface area contributed by atoms with Gasteiger partial charge in [0.1, 0.15) is 13.2 Å². The number of methoxy groups -OCH3 is 2. The number of esters is 1. The molecule has 1 unspecified atom stereocenters. The van der Waals surface area contributed by atoms with Gasteiger partial charge in [0.2, 0.25) is 11.7 Å². The number of carbonyl (C=O) groups is 2. The molecule has 2 aromatic rings. The third kappa shape index (κ3) is 5.28. The maximum absolute atomic E-state index is 12.5. The highest BCUT2D eigenvalue weighted by atomic mass is 16.6. The van der Waals surface area contributed by atoms with E-state index >= 15 is 0 Å². The standard InChI is InChI=1S/C22H23NO6/c1-26-18-12-15(13-19-22(18)29-11-10-28-19)8-9-20(24)23-17(14-21(25)27-2)16-6-4-3-5-7-16/h3-9,12-13,17H,10-11,14H2,1-2H3,(H,23,24)/b9-8+. The fourth-order valence-corrected chi connectivity index (χ4v) is 2.97. The topological polar surface area (TPSA) is 83.1 Å². The van der Waals surface area contributed by atoms with Crippen molar-refractivity contribution in [1.29, 1.82) is 0 Å². The molecule has 2 aromatic carbocycles. The lowest BCUT2D eigenvalue weighted by atomic mass is 10.0. The monoisotopic (exact) mass is 397 g/mol. The maximum atomic E-state index is 12.5. The third-order valence-corrected chi connectivity index (χ3v) is 4.39. The van der Waals surface area contributed by atoms with Crippen molar-refractivity contribution < 1.29 is 28.5 Å². The fourth-order valence-electron chi connectivity index (χ4n) is 2.97. The number of hydrogen-bond acceptors (Lipinski definition) is 6. The van der Waals surface area contributed by atoms with E-state index in [1.807, 2.05) is 30.3 Å². The molecule has 1 amide bonds. The first-order valence-corrected chi connectivity index (χ1v) is 9.18. The summed E-state index contributed by atoms with van der Waals surface area (Å²) in [5.41, 5.74) is 1.55. The van der Waals surface area contributed by atoms with Crippen LogP contribution < -0.4 is 19.5 Å². The van der Waals surface area contributed by atoms with E-state index in [2.05, 4.69) is 5.32 Å². The van der Waals surface area contributed by atoms with Crippen LogP contribution in [0, 0.1) is 0 Å². The van der Waals surface area contributed by atoms with Gasteiger partial charge < -0.3 is 24.3 Å². The van der Waals surface area contributed by atoms with Gasteiger partial charge in [-0.25, -0.2) is 0 Å². The van der Waals surface area contributed by atoms with Gasteiger partial charge in [-0.1, -0.05) is 30.3 Å². The van der Waals surface area contributed by atoms with Crippen molar-refractivity contribution in [3.8, 4) is 17.2 Å². The minimum Gasteiger partial charge on any atom is -0.493 e. The summed E-state index contributed by atoms with van der Waals surface area (Å²) >= 11 is 0. The summed E-state index contributed by atoms with van der Waals surface area (Å²) < 4.78 is 21.3. The summed E-state index contributed by atoms with van der Waals surface area (Å²) in [4.78, 5) is 24.2. The van der Waals surface area contributed by atoms with Gasteiger partial charge in [-0.2, -0.15) is 0 Å². The Hall–Kier alpha value is -3.48. The van der Waals surface area contributed by atoms with E-state index in [0.717, 1.165) is 11.1 Å². The highest BCUT2D eigenvalue weighted by molar-refractivity contribution is 5.92. The minimum absolute atomic E-state index is 0.0396. The van der Waals surface area contributed by atoms with E-state index in [0.29, 0.717) is 30.5 Å². The molecule has 0 bridgehead atoms. The summed E-state index contributed by atoms with van der Waals surface area (Å²) in [6, 6.07) is 12.3. The number of amides is 1. The van der Waals surface area contributed by atoms with Crippen LogP contribution in [0.5, 0.6) is 17.2 Å². The van der Waals surface area contributed by atoms with E-state index in [1.165, 1.54) is 13.2 Å². The molecule has 0 fully saturated rings. The summed E-state index contributed by atoms with van der Waals surface area (Å²) in [7, 11) is 2.87. The van der Waals surface area contributed by atoms with Crippen LogP contribution in [-0.4, -0.2) is 39.3 Å². The Labute approximate surface area is 169 Å². The van der Waals surface area contributed by atoms with Gasteiger partial charge in [-0.3, -0.25) is 9.59 Å². The van der Waals surface area contributed by atoms with Crippen molar-refractivity contribution in [2.24, 2.45) is 0 Å². The molecular formula is C22H23NO6. The van der Waals surface area contributed by atoms with E-state index in [1.54, 1.807) is 25.3 Å². The first-order valence-electron chi connectivity index (χ1n) is 9.18. The summed E-state index contributed by atoms with van der Waals surface area (Å²) in [6.45, 7) is 0.915. The Kier molecular flexibility index (Phi) is 6.73. The molecule has 1 N–H and O–H groups in total. The van der Waals surface area contributed by atoms with E-state index in [-0.39, 0.29) is 12.3 Å². The molecule has 0 saturated heterocycles. The second kappa shape index (κ2) is 9.64. The van der Waals surface area contributed by atoms with Crippen LogP contribution in [0.25, 0.3) is 6.08 Å². The smallest absolute Gasteiger partial charge is 0.307 e. The van der Waals surface area contributed by atoms with Crippen LogP contribution in [0.3, 0.4) is 0 Å². The molecule has 1 aliphatic rings. The predicted octanol–water partition coefficient (Wildman–Crippen LogP) is 2.90.